The summed E-state index contributed by atoms with van der Waals surface area (Å²) < 4.78 is 2.15. The standard InChI is InChI=1S/C21H18Cl2N6OS/c1-11(20(30)26-18-16(23)8-12(22)9-25-18)31-21-28-27-19(29(21)13-6-7-13)15-10-24-17-5-3-2-4-14(15)17/h2-5,8-11,13,24H,6-7H2,1H3,(H,25,26,30). The molecule has 31 heavy (non-hydrogen) atoms. The zero-order chi connectivity index (χ0) is 21.5. The van der Waals surface area contributed by atoms with Crippen molar-refractivity contribution in [3.63, 3.8) is 0 Å². The number of nitrogens with zero attached hydrogens (tertiary/aromatic N) is 4. The number of aromatic nitrogens is 5. The maximum absolute atomic E-state index is 12.7. The van der Waals surface area contributed by atoms with Crippen LogP contribution in [0, 0.1) is 0 Å². The molecule has 1 fully saturated rings. The van der Waals surface area contributed by atoms with Crippen molar-refractivity contribution in [1.29, 1.82) is 0 Å². The Morgan fingerprint density at radius 3 is 2.87 bits per heavy atom. The monoisotopic (exact) mass is 472 g/mol. The lowest BCUT2D eigenvalue weighted by molar-refractivity contribution is -0.115. The highest BCUT2D eigenvalue weighted by atomic mass is 35.5. The van der Waals surface area contributed by atoms with Gasteiger partial charge in [-0.1, -0.05) is 53.2 Å². The number of fused-ring (bicyclic) bond motifs is 1. The van der Waals surface area contributed by atoms with E-state index >= 15 is 0 Å². The number of nitrogens with one attached hydrogen (secondary N) is 2. The molecule has 4 aromatic rings. The van der Waals surface area contributed by atoms with Gasteiger partial charge in [0.1, 0.15) is 0 Å². The van der Waals surface area contributed by atoms with Crippen LogP contribution < -0.4 is 5.32 Å². The Balaban J connectivity index is 1.40. The summed E-state index contributed by atoms with van der Waals surface area (Å²) in [4.78, 5) is 20.1. The summed E-state index contributed by atoms with van der Waals surface area (Å²) in [6.07, 6.45) is 5.56. The smallest absolute Gasteiger partial charge is 0.238 e. The van der Waals surface area contributed by atoms with Crippen molar-refractivity contribution in [3.05, 3.63) is 52.8 Å². The van der Waals surface area contributed by atoms with Crippen molar-refractivity contribution in [2.45, 2.75) is 36.2 Å². The Bertz CT molecular complexity index is 1280. The van der Waals surface area contributed by atoms with E-state index in [0.717, 1.165) is 40.3 Å². The molecule has 0 spiro atoms. The Labute approximate surface area is 192 Å². The molecule has 1 amide bonds. The fourth-order valence-corrected chi connectivity index (χ4v) is 4.74. The molecule has 1 aliphatic rings. The highest BCUT2D eigenvalue weighted by Crippen LogP contribution is 2.42. The number of hydrogen-bond donors (Lipinski definition) is 2. The predicted octanol–water partition coefficient (Wildman–Crippen LogP) is 5.58. The van der Waals surface area contributed by atoms with Gasteiger partial charge in [-0.15, -0.1) is 10.2 Å². The van der Waals surface area contributed by atoms with Crippen molar-refractivity contribution in [3.8, 4) is 11.4 Å². The molecule has 2 N–H and O–H groups in total. The number of para-hydroxylation sites is 1. The van der Waals surface area contributed by atoms with Crippen molar-refractivity contribution in [2.24, 2.45) is 0 Å². The lowest BCUT2D eigenvalue weighted by Gasteiger charge is -2.13. The highest BCUT2D eigenvalue weighted by Gasteiger charge is 2.32. The lowest BCUT2D eigenvalue weighted by atomic mass is 10.1. The van der Waals surface area contributed by atoms with E-state index in [0.29, 0.717) is 16.1 Å². The quantitative estimate of drug-likeness (QED) is 0.357. The number of aromatic amines is 1. The third-order valence-electron chi connectivity index (χ3n) is 5.11. The summed E-state index contributed by atoms with van der Waals surface area (Å²) in [7, 11) is 0. The van der Waals surface area contributed by atoms with Gasteiger partial charge in [0.15, 0.2) is 16.8 Å². The maximum atomic E-state index is 12.7. The lowest BCUT2D eigenvalue weighted by Crippen LogP contribution is -2.23. The normalized spacial score (nSPS) is 14.7. The van der Waals surface area contributed by atoms with E-state index in [1.54, 1.807) is 6.07 Å². The Morgan fingerprint density at radius 1 is 1.29 bits per heavy atom. The van der Waals surface area contributed by atoms with E-state index in [9.17, 15) is 4.79 Å². The van der Waals surface area contributed by atoms with E-state index in [-0.39, 0.29) is 11.7 Å². The van der Waals surface area contributed by atoms with Gasteiger partial charge in [0.05, 0.1) is 15.3 Å². The number of H-pyrrole nitrogens is 1. The number of amides is 1. The van der Waals surface area contributed by atoms with Crippen LogP contribution in [0.15, 0.2) is 47.9 Å². The molecule has 1 saturated carbocycles. The molecule has 1 unspecified atom stereocenters. The van der Waals surface area contributed by atoms with Crippen molar-refractivity contribution >= 4 is 57.6 Å². The molecule has 3 aromatic heterocycles. The summed E-state index contributed by atoms with van der Waals surface area (Å²) in [6.45, 7) is 1.82. The number of benzene rings is 1. The zero-order valence-electron chi connectivity index (χ0n) is 16.5. The molecular weight excluding hydrogens is 455 g/mol. The van der Waals surface area contributed by atoms with Crippen LogP contribution in [0.5, 0.6) is 0 Å². The van der Waals surface area contributed by atoms with Crippen LogP contribution in [0.3, 0.4) is 0 Å². The predicted molar refractivity (Wildman–Crippen MR) is 124 cm³/mol. The first-order chi connectivity index (χ1) is 15.0. The van der Waals surface area contributed by atoms with Gasteiger partial charge < -0.3 is 10.3 Å². The first kappa shape index (κ1) is 20.4. The Hall–Kier alpha value is -2.55. The zero-order valence-corrected chi connectivity index (χ0v) is 18.8. The van der Waals surface area contributed by atoms with Gasteiger partial charge in [-0.2, -0.15) is 0 Å². The largest absolute Gasteiger partial charge is 0.360 e. The number of carbonyl (C=O) groups excluding carboxylic acids is 1. The van der Waals surface area contributed by atoms with Gasteiger partial charge in [-0.25, -0.2) is 4.98 Å². The number of hydrogen-bond acceptors (Lipinski definition) is 5. The summed E-state index contributed by atoms with van der Waals surface area (Å²) in [5.74, 6) is 0.879. The summed E-state index contributed by atoms with van der Waals surface area (Å²) >= 11 is 13.4. The van der Waals surface area contributed by atoms with Gasteiger partial charge in [-0.3, -0.25) is 9.36 Å². The minimum atomic E-state index is -0.425. The van der Waals surface area contributed by atoms with Gasteiger partial charge in [0.25, 0.3) is 0 Å². The number of anilines is 1. The second-order valence-corrected chi connectivity index (χ2v) is 9.54. The molecule has 0 aliphatic heterocycles. The summed E-state index contributed by atoms with van der Waals surface area (Å²) in [5, 5.41) is 13.8. The van der Waals surface area contributed by atoms with Gasteiger partial charge in [0.2, 0.25) is 5.91 Å². The SMILES string of the molecule is CC(Sc1nnc(-c2c[nH]c3ccccc23)n1C1CC1)C(=O)Nc1ncc(Cl)cc1Cl. The van der Waals surface area contributed by atoms with Gasteiger partial charge in [-0.05, 0) is 31.9 Å². The number of halogens is 2. The molecule has 1 aromatic carbocycles. The van der Waals surface area contributed by atoms with Crippen molar-refractivity contribution in [2.75, 3.05) is 5.32 Å². The molecular formula is C21H18Cl2N6OS. The molecule has 10 heteroatoms. The van der Waals surface area contributed by atoms with E-state index in [1.807, 2.05) is 31.3 Å². The molecule has 3 heterocycles. The molecule has 0 saturated heterocycles. The first-order valence-corrected chi connectivity index (χ1v) is 11.4. The minimum Gasteiger partial charge on any atom is -0.360 e. The fraction of sp³-hybridized carbons (Fsp3) is 0.238. The Kier molecular flexibility index (Phi) is 5.37. The van der Waals surface area contributed by atoms with Crippen LogP contribution in [0.25, 0.3) is 22.3 Å². The van der Waals surface area contributed by atoms with Crippen LogP contribution >= 0.6 is 35.0 Å². The van der Waals surface area contributed by atoms with Gasteiger partial charge >= 0.3 is 0 Å². The molecule has 7 nitrogen and oxygen atoms in total. The van der Waals surface area contributed by atoms with E-state index in [1.165, 1.54) is 18.0 Å². The number of carbonyl (C=O) groups is 1. The third kappa shape index (κ3) is 4.03. The van der Waals surface area contributed by atoms with E-state index in [2.05, 4.69) is 36.1 Å². The van der Waals surface area contributed by atoms with Crippen LogP contribution in [0.1, 0.15) is 25.8 Å². The molecule has 5 rings (SSSR count). The summed E-state index contributed by atoms with van der Waals surface area (Å²) in [6, 6.07) is 10.0. The molecule has 0 bridgehead atoms. The van der Waals surface area contributed by atoms with E-state index in [4.69, 9.17) is 23.2 Å². The second kappa shape index (κ2) is 8.18. The average Bonchev–Trinajstić information content (AvgIpc) is 3.37. The fourth-order valence-electron chi connectivity index (χ4n) is 3.40. The number of rotatable bonds is 6. The van der Waals surface area contributed by atoms with Gasteiger partial charge in [0, 0.05) is 34.9 Å². The number of thioether (sulfide) groups is 1. The topological polar surface area (TPSA) is 88.5 Å². The Morgan fingerprint density at radius 2 is 2.10 bits per heavy atom. The van der Waals surface area contributed by atoms with Crippen molar-refractivity contribution < 1.29 is 4.79 Å². The van der Waals surface area contributed by atoms with Crippen LogP contribution in [0.4, 0.5) is 5.82 Å². The van der Waals surface area contributed by atoms with Crippen LogP contribution in [-0.4, -0.2) is 35.9 Å². The van der Waals surface area contributed by atoms with Crippen molar-refractivity contribution in [1.82, 2.24) is 24.7 Å². The number of pyridine rings is 1. The molecule has 1 atom stereocenters. The second-order valence-electron chi connectivity index (χ2n) is 7.39. The highest BCUT2D eigenvalue weighted by molar-refractivity contribution is 8.00. The van der Waals surface area contributed by atoms with Crippen LogP contribution in [0.2, 0.25) is 10.0 Å². The third-order valence-corrected chi connectivity index (χ3v) is 6.66. The molecule has 158 valence electrons. The maximum Gasteiger partial charge on any atom is 0.238 e. The summed E-state index contributed by atoms with van der Waals surface area (Å²) in [5.41, 5.74) is 2.06. The minimum absolute atomic E-state index is 0.222. The van der Waals surface area contributed by atoms with E-state index < -0.39 is 5.25 Å². The van der Waals surface area contributed by atoms with Crippen LogP contribution in [-0.2, 0) is 4.79 Å². The molecule has 0 radical (unpaired) electrons. The average molecular weight is 473 g/mol. The molecule has 1 aliphatic carbocycles. The first-order valence-electron chi connectivity index (χ1n) is 9.81.